The van der Waals surface area contributed by atoms with Crippen molar-refractivity contribution < 1.29 is 73.8 Å². The minimum Gasteiger partial charge on any atom is -0.495 e. The van der Waals surface area contributed by atoms with Gasteiger partial charge < -0.3 is 22.4 Å². The molecule has 2 rings (SSSR count). The van der Waals surface area contributed by atoms with Crippen LogP contribution in [0.15, 0.2) is 42.5 Å². The van der Waals surface area contributed by atoms with Crippen molar-refractivity contribution in [1.29, 1.82) is 5.26 Å². The molecule has 0 atom stereocenters. The molecule has 0 spiro atoms. The molecule has 0 aliphatic carbocycles. The van der Waals surface area contributed by atoms with Crippen LogP contribution >= 0.6 is 0 Å². The molecule has 8 heteroatoms. The number of hydrogen-bond acceptors (Lipinski definition) is 3. The Balaban J connectivity index is 0.00000264. The molecule has 0 aliphatic rings. The molecule has 114 valence electrons. The van der Waals surface area contributed by atoms with Gasteiger partial charge in [0.1, 0.15) is 18.4 Å². The van der Waals surface area contributed by atoms with Gasteiger partial charge in [0.2, 0.25) is 0 Å². The summed E-state index contributed by atoms with van der Waals surface area (Å²) in [6, 6.07) is 11.8. The monoisotopic (exact) mass is 345 g/mol. The van der Waals surface area contributed by atoms with Crippen LogP contribution in [-0.2, 0) is 6.61 Å². The van der Waals surface area contributed by atoms with Gasteiger partial charge in [-0.2, -0.15) is 5.26 Å². The van der Waals surface area contributed by atoms with Gasteiger partial charge in [-0.05, 0) is 23.8 Å². The Bertz CT molecular complexity index is 717. The Labute approximate surface area is 174 Å². The molecule has 0 bridgehead atoms. The van der Waals surface area contributed by atoms with E-state index in [0.717, 1.165) is 6.07 Å². The number of benzene rings is 2. The third kappa shape index (κ3) is 5.26. The van der Waals surface area contributed by atoms with Crippen molar-refractivity contribution in [3.63, 3.8) is 0 Å². The second kappa shape index (κ2) is 8.76. The van der Waals surface area contributed by atoms with E-state index in [4.69, 9.17) is 14.7 Å². The third-order valence-electron chi connectivity index (χ3n) is 3.05. The van der Waals surface area contributed by atoms with Crippen molar-refractivity contribution >= 4 is 12.4 Å². The summed E-state index contributed by atoms with van der Waals surface area (Å²) in [5, 5.41) is 8.89. The van der Waals surface area contributed by atoms with Gasteiger partial charge in [0.05, 0.1) is 18.4 Å². The summed E-state index contributed by atoms with van der Waals surface area (Å²) in [4.78, 5) is 0. The zero-order valence-electron chi connectivity index (χ0n) is 12.7. The van der Waals surface area contributed by atoms with Crippen LogP contribution in [0.3, 0.4) is 0 Å². The first kappa shape index (κ1) is 20.1. The number of ether oxygens (including phenoxy) is 2. The average Bonchev–Trinajstić information content (AvgIpc) is 2.52. The molecule has 2 aromatic rings. The molecule has 0 aliphatic heterocycles. The van der Waals surface area contributed by atoms with Gasteiger partial charge in [-0.15, -0.1) is 0 Å². The first-order chi connectivity index (χ1) is 10.5. The largest absolute Gasteiger partial charge is 1.00 e. The molecule has 0 amide bonds. The van der Waals surface area contributed by atoms with Crippen molar-refractivity contribution in [2.45, 2.75) is 6.61 Å². The van der Waals surface area contributed by atoms with Crippen LogP contribution in [0.5, 0.6) is 11.5 Å². The van der Waals surface area contributed by atoms with E-state index in [9.17, 15) is 12.9 Å². The number of nitriles is 1. The van der Waals surface area contributed by atoms with Crippen LogP contribution in [0, 0.1) is 11.3 Å². The van der Waals surface area contributed by atoms with E-state index in [0.29, 0.717) is 16.9 Å². The van der Waals surface area contributed by atoms with Crippen LogP contribution < -0.4 is 66.3 Å². The first-order valence-corrected chi connectivity index (χ1v) is 6.44. The van der Waals surface area contributed by atoms with Gasteiger partial charge in [-0.25, -0.2) is 0 Å². The molecule has 0 radical (unpaired) electrons. The number of methoxy groups -OCH3 is 1. The Morgan fingerprint density at radius 1 is 1.09 bits per heavy atom. The summed E-state index contributed by atoms with van der Waals surface area (Å²) in [5.41, 5.74) is 0.203. The fourth-order valence-corrected chi connectivity index (χ4v) is 1.96. The van der Waals surface area contributed by atoms with E-state index in [2.05, 4.69) is 0 Å². The normalized spacial score (nSPS) is 10.4. The molecule has 0 unspecified atom stereocenters. The van der Waals surface area contributed by atoms with Crippen molar-refractivity contribution in [3.05, 3.63) is 53.6 Å². The molecule has 0 saturated heterocycles. The molecule has 0 saturated carbocycles. The van der Waals surface area contributed by atoms with E-state index < -0.39 is 12.4 Å². The van der Waals surface area contributed by atoms with Crippen LogP contribution in [0.2, 0.25) is 0 Å². The minimum absolute atomic E-state index is 0. The molecule has 3 nitrogen and oxygen atoms in total. The number of hydrogen-bond donors (Lipinski definition) is 0. The standard InChI is InChI=1S/C15H12BF3NO2.K/c1-21-15-8-11(6-7-12(15)9-20)10-22-14-5-3-2-4-13(14)16(17,18)19;/h2-8H,10H2,1H3;/q-1;+1. The Morgan fingerprint density at radius 2 is 1.78 bits per heavy atom. The summed E-state index contributed by atoms with van der Waals surface area (Å²) in [6.07, 6.45) is 0. The van der Waals surface area contributed by atoms with Gasteiger partial charge in [-0.1, -0.05) is 29.7 Å². The van der Waals surface area contributed by atoms with E-state index in [1.54, 1.807) is 12.1 Å². The van der Waals surface area contributed by atoms with E-state index in [1.807, 2.05) is 6.07 Å². The molecule has 2 aromatic carbocycles. The molecular formula is C15H12BF3KNO2. The summed E-state index contributed by atoms with van der Waals surface area (Å²) in [6.45, 7) is -5.18. The van der Waals surface area contributed by atoms with Gasteiger partial charge in [0, 0.05) is 0 Å². The van der Waals surface area contributed by atoms with Gasteiger partial charge in [-0.3, -0.25) is 0 Å². The van der Waals surface area contributed by atoms with Gasteiger partial charge in [0.15, 0.2) is 0 Å². The molecule has 23 heavy (non-hydrogen) atoms. The maximum atomic E-state index is 12.9. The summed E-state index contributed by atoms with van der Waals surface area (Å²) >= 11 is 0. The topological polar surface area (TPSA) is 42.2 Å². The fourth-order valence-electron chi connectivity index (χ4n) is 1.96. The number of halogens is 3. The van der Waals surface area contributed by atoms with Gasteiger partial charge in [0.25, 0.3) is 0 Å². The summed E-state index contributed by atoms with van der Waals surface area (Å²) in [5.74, 6) is 0.148. The Kier molecular flexibility index (Phi) is 7.64. The van der Waals surface area contributed by atoms with Crippen molar-refractivity contribution in [2.24, 2.45) is 0 Å². The van der Waals surface area contributed by atoms with E-state index in [1.165, 1.54) is 31.4 Å². The fraction of sp³-hybridized carbons (Fsp3) is 0.133. The maximum Gasteiger partial charge on any atom is 1.00 e. The van der Waals surface area contributed by atoms with Crippen LogP contribution in [0.25, 0.3) is 0 Å². The Hall–Kier alpha value is -0.979. The predicted octanol–water partition coefficient (Wildman–Crippen LogP) is 0.204. The predicted molar refractivity (Wildman–Crippen MR) is 77.2 cm³/mol. The second-order valence-electron chi connectivity index (χ2n) is 4.55. The van der Waals surface area contributed by atoms with Crippen LogP contribution in [0.4, 0.5) is 12.9 Å². The van der Waals surface area contributed by atoms with Crippen LogP contribution in [-0.4, -0.2) is 14.1 Å². The molecule has 0 heterocycles. The maximum absolute atomic E-state index is 12.9. The summed E-state index contributed by atoms with van der Waals surface area (Å²) < 4.78 is 49.1. The number of para-hydroxylation sites is 1. The van der Waals surface area contributed by atoms with Crippen molar-refractivity contribution in [2.75, 3.05) is 7.11 Å². The average molecular weight is 345 g/mol. The zero-order chi connectivity index (χ0) is 16.2. The molecular weight excluding hydrogens is 333 g/mol. The van der Waals surface area contributed by atoms with Crippen LogP contribution in [0.1, 0.15) is 11.1 Å². The third-order valence-corrected chi connectivity index (χ3v) is 3.05. The minimum atomic E-state index is -5.13. The smallest absolute Gasteiger partial charge is 0.495 e. The molecule has 0 aromatic heterocycles. The van der Waals surface area contributed by atoms with E-state index in [-0.39, 0.29) is 63.7 Å². The quantitative estimate of drug-likeness (QED) is 0.728. The van der Waals surface area contributed by atoms with Crippen molar-refractivity contribution in [3.8, 4) is 17.6 Å². The molecule has 0 fully saturated rings. The van der Waals surface area contributed by atoms with E-state index >= 15 is 0 Å². The number of rotatable bonds is 5. The van der Waals surface area contributed by atoms with Crippen molar-refractivity contribution in [1.82, 2.24) is 0 Å². The van der Waals surface area contributed by atoms with Gasteiger partial charge >= 0.3 is 58.4 Å². The number of nitrogens with zero attached hydrogens (tertiary/aromatic N) is 1. The second-order valence-corrected chi connectivity index (χ2v) is 4.55. The first-order valence-electron chi connectivity index (χ1n) is 6.44. The zero-order valence-corrected chi connectivity index (χ0v) is 15.8. The molecule has 0 N–H and O–H groups in total. The SMILES string of the molecule is COc1cc(COc2ccccc2[B-](F)(F)F)ccc1C#N.[K+]. The Morgan fingerprint density at radius 3 is 2.39 bits per heavy atom. The summed E-state index contributed by atoms with van der Waals surface area (Å²) in [7, 11) is 1.42.